The molecule has 0 saturated heterocycles. The predicted octanol–water partition coefficient (Wildman–Crippen LogP) is 1.36. The van der Waals surface area contributed by atoms with Crippen molar-refractivity contribution in [1.82, 2.24) is 4.90 Å². The van der Waals surface area contributed by atoms with Gasteiger partial charge in [0.05, 0.1) is 7.11 Å². The smallest absolute Gasteiger partial charge is 0.325 e. The van der Waals surface area contributed by atoms with Crippen molar-refractivity contribution in [3.05, 3.63) is 0 Å². The summed E-state index contributed by atoms with van der Waals surface area (Å²) in [5.41, 5.74) is 0. The van der Waals surface area contributed by atoms with Crippen LogP contribution in [0.5, 0.6) is 0 Å². The molecule has 1 amide bonds. The number of nitrogens with zero attached hydrogens (tertiary/aromatic N) is 1. The average Bonchev–Trinajstić information content (AvgIpc) is 2.89. The third kappa shape index (κ3) is 4.64. The molecule has 0 aliphatic heterocycles. The summed E-state index contributed by atoms with van der Waals surface area (Å²) in [5, 5.41) is 0. The van der Waals surface area contributed by atoms with E-state index in [0.29, 0.717) is 6.61 Å². The first-order chi connectivity index (χ1) is 8.69. The Balaban J connectivity index is 2.52. The lowest BCUT2D eigenvalue weighted by Crippen LogP contribution is -2.44. The van der Waals surface area contributed by atoms with Crippen molar-refractivity contribution in [2.24, 2.45) is 0 Å². The Morgan fingerprint density at radius 3 is 2.50 bits per heavy atom. The van der Waals surface area contributed by atoms with Crippen LogP contribution in [0.2, 0.25) is 0 Å². The Morgan fingerprint density at radius 1 is 1.28 bits per heavy atom. The number of hydrogen-bond acceptors (Lipinski definition) is 4. The van der Waals surface area contributed by atoms with Crippen LogP contribution < -0.4 is 0 Å². The molecule has 18 heavy (non-hydrogen) atoms. The van der Waals surface area contributed by atoms with E-state index in [2.05, 4.69) is 4.74 Å². The van der Waals surface area contributed by atoms with Crippen LogP contribution in [0.15, 0.2) is 0 Å². The summed E-state index contributed by atoms with van der Waals surface area (Å²) in [6.07, 6.45) is 5.05. The first-order valence-corrected chi connectivity index (χ1v) is 6.63. The van der Waals surface area contributed by atoms with E-state index in [1.54, 1.807) is 4.90 Å². The Hall–Kier alpha value is -1.10. The zero-order valence-corrected chi connectivity index (χ0v) is 11.3. The zero-order chi connectivity index (χ0) is 13.4. The van der Waals surface area contributed by atoms with Gasteiger partial charge in [-0.25, -0.2) is 0 Å². The van der Waals surface area contributed by atoms with Gasteiger partial charge in [0.2, 0.25) is 5.91 Å². The van der Waals surface area contributed by atoms with Crippen LogP contribution in [-0.4, -0.2) is 49.7 Å². The normalized spacial score (nSPS) is 15.7. The summed E-state index contributed by atoms with van der Waals surface area (Å²) in [7, 11) is 1.34. The first-order valence-electron chi connectivity index (χ1n) is 6.63. The molecule has 1 aliphatic rings. The number of esters is 1. The Kier molecular flexibility index (Phi) is 6.72. The van der Waals surface area contributed by atoms with Crippen molar-refractivity contribution in [2.45, 2.75) is 45.1 Å². The number of methoxy groups -OCH3 is 1. The number of rotatable bonds is 7. The van der Waals surface area contributed by atoms with Gasteiger partial charge in [-0.1, -0.05) is 19.8 Å². The Labute approximate surface area is 108 Å². The molecule has 0 N–H and O–H groups in total. The molecule has 5 nitrogen and oxygen atoms in total. The molecule has 104 valence electrons. The maximum Gasteiger partial charge on any atom is 0.325 e. The van der Waals surface area contributed by atoms with E-state index in [0.717, 1.165) is 32.1 Å². The fraction of sp³-hybridized carbons (Fsp3) is 0.846. The number of ether oxygens (including phenoxy) is 2. The fourth-order valence-corrected chi connectivity index (χ4v) is 2.23. The van der Waals surface area contributed by atoms with Crippen LogP contribution in [0, 0.1) is 0 Å². The van der Waals surface area contributed by atoms with E-state index in [1.165, 1.54) is 7.11 Å². The minimum atomic E-state index is -0.370. The van der Waals surface area contributed by atoms with Crippen molar-refractivity contribution < 1.29 is 19.1 Å². The molecular formula is C13H23NO4. The number of carbonyl (C=O) groups excluding carboxylic acids is 2. The lowest BCUT2D eigenvalue weighted by Gasteiger charge is -2.27. The van der Waals surface area contributed by atoms with Crippen LogP contribution in [0.1, 0.15) is 39.0 Å². The Morgan fingerprint density at radius 2 is 1.94 bits per heavy atom. The minimum Gasteiger partial charge on any atom is -0.468 e. The molecule has 0 radical (unpaired) electrons. The summed E-state index contributed by atoms with van der Waals surface area (Å²) in [6, 6.07) is 0.168. The van der Waals surface area contributed by atoms with E-state index < -0.39 is 0 Å². The monoisotopic (exact) mass is 257 g/mol. The van der Waals surface area contributed by atoms with Crippen LogP contribution in [0.3, 0.4) is 0 Å². The molecule has 0 heterocycles. The second-order valence-corrected chi connectivity index (χ2v) is 4.59. The molecule has 0 unspecified atom stereocenters. The molecule has 1 rings (SSSR count). The fourth-order valence-electron chi connectivity index (χ4n) is 2.23. The summed E-state index contributed by atoms with van der Waals surface area (Å²) in [6.45, 7) is 2.66. The van der Waals surface area contributed by atoms with Gasteiger partial charge in [0.25, 0.3) is 0 Å². The van der Waals surface area contributed by atoms with E-state index in [-0.39, 0.29) is 31.1 Å². The van der Waals surface area contributed by atoms with Crippen molar-refractivity contribution in [3.63, 3.8) is 0 Å². The quantitative estimate of drug-likeness (QED) is 0.510. The molecule has 0 aromatic rings. The van der Waals surface area contributed by atoms with Crippen molar-refractivity contribution in [1.29, 1.82) is 0 Å². The van der Waals surface area contributed by atoms with E-state index in [9.17, 15) is 9.59 Å². The van der Waals surface area contributed by atoms with Gasteiger partial charge in [-0.2, -0.15) is 0 Å². The molecule has 0 spiro atoms. The van der Waals surface area contributed by atoms with E-state index in [4.69, 9.17) is 4.74 Å². The van der Waals surface area contributed by atoms with Crippen LogP contribution in [0.25, 0.3) is 0 Å². The average molecular weight is 257 g/mol. The molecule has 1 saturated carbocycles. The van der Waals surface area contributed by atoms with Gasteiger partial charge >= 0.3 is 5.97 Å². The lowest BCUT2D eigenvalue weighted by molar-refractivity contribution is -0.150. The second kappa shape index (κ2) is 8.08. The predicted molar refractivity (Wildman–Crippen MR) is 67.1 cm³/mol. The van der Waals surface area contributed by atoms with Crippen LogP contribution in [0.4, 0.5) is 0 Å². The van der Waals surface area contributed by atoms with E-state index in [1.807, 2.05) is 6.92 Å². The molecule has 0 atom stereocenters. The summed E-state index contributed by atoms with van der Waals surface area (Å²) in [4.78, 5) is 25.0. The Bertz CT molecular complexity index is 274. The van der Waals surface area contributed by atoms with Gasteiger partial charge in [0.15, 0.2) is 0 Å². The van der Waals surface area contributed by atoms with Gasteiger partial charge in [0.1, 0.15) is 13.2 Å². The number of hydrogen-bond donors (Lipinski definition) is 0. The van der Waals surface area contributed by atoms with Gasteiger partial charge in [-0.05, 0) is 19.3 Å². The maximum absolute atomic E-state index is 12.0. The lowest BCUT2D eigenvalue weighted by atomic mass is 10.2. The van der Waals surface area contributed by atoms with Gasteiger partial charge in [0, 0.05) is 12.6 Å². The van der Waals surface area contributed by atoms with Crippen LogP contribution in [-0.2, 0) is 19.1 Å². The minimum absolute atomic E-state index is 0.0372. The molecule has 0 bridgehead atoms. The SMILES string of the molecule is CCCOCC(=O)N(CC(=O)OC)C1CCCC1. The highest BCUT2D eigenvalue weighted by Crippen LogP contribution is 2.23. The summed E-state index contributed by atoms with van der Waals surface area (Å²) in [5.74, 6) is -0.480. The topological polar surface area (TPSA) is 55.8 Å². The third-order valence-electron chi connectivity index (χ3n) is 3.19. The van der Waals surface area contributed by atoms with Gasteiger partial charge in [-0.3, -0.25) is 9.59 Å². The summed E-state index contributed by atoms with van der Waals surface area (Å²) < 4.78 is 9.90. The molecule has 1 aliphatic carbocycles. The van der Waals surface area contributed by atoms with Gasteiger partial charge < -0.3 is 14.4 Å². The maximum atomic E-state index is 12.0. The van der Waals surface area contributed by atoms with Crippen LogP contribution >= 0.6 is 0 Å². The standard InChI is InChI=1S/C13H23NO4/c1-3-8-18-10-12(15)14(9-13(16)17-2)11-6-4-5-7-11/h11H,3-10H2,1-2H3. The second-order valence-electron chi connectivity index (χ2n) is 4.59. The molecule has 1 fully saturated rings. The van der Waals surface area contributed by atoms with E-state index >= 15 is 0 Å². The zero-order valence-electron chi connectivity index (χ0n) is 11.3. The highest BCUT2D eigenvalue weighted by molar-refractivity contribution is 5.83. The largest absolute Gasteiger partial charge is 0.468 e. The van der Waals surface area contributed by atoms with Crippen molar-refractivity contribution >= 4 is 11.9 Å². The highest BCUT2D eigenvalue weighted by atomic mass is 16.5. The number of carbonyl (C=O) groups is 2. The first kappa shape index (κ1) is 15.0. The van der Waals surface area contributed by atoms with Crippen molar-refractivity contribution in [2.75, 3.05) is 26.9 Å². The third-order valence-corrected chi connectivity index (χ3v) is 3.19. The van der Waals surface area contributed by atoms with Crippen molar-refractivity contribution in [3.8, 4) is 0 Å². The highest BCUT2D eigenvalue weighted by Gasteiger charge is 2.28. The molecule has 0 aromatic carbocycles. The molecular weight excluding hydrogens is 234 g/mol. The molecule has 0 aromatic heterocycles. The molecule has 5 heteroatoms. The van der Waals surface area contributed by atoms with Gasteiger partial charge in [-0.15, -0.1) is 0 Å². The summed E-state index contributed by atoms with van der Waals surface area (Å²) >= 11 is 0. The number of amides is 1.